The highest BCUT2D eigenvalue weighted by molar-refractivity contribution is 5.68. The number of hydrogen-bond acceptors (Lipinski definition) is 2. The molecule has 0 radical (unpaired) electrons. The molecule has 21 heavy (non-hydrogen) atoms. The molecule has 0 unspecified atom stereocenters. The zero-order valence-electron chi connectivity index (χ0n) is 13.3. The van der Waals surface area contributed by atoms with Gasteiger partial charge in [0.25, 0.3) is 0 Å². The van der Waals surface area contributed by atoms with Crippen molar-refractivity contribution in [2.45, 2.75) is 46.6 Å². The number of fused-ring (bicyclic) bond motifs is 2. The Morgan fingerprint density at radius 3 is 2.52 bits per heavy atom. The minimum absolute atomic E-state index is 0.0456. The summed E-state index contributed by atoms with van der Waals surface area (Å²) in [5.74, 6) is 0.329. The second-order valence-electron chi connectivity index (χ2n) is 7.27. The lowest BCUT2D eigenvalue weighted by atomic mass is 9.70. The van der Waals surface area contributed by atoms with Crippen molar-refractivity contribution in [3.8, 4) is 0 Å². The third kappa shape index (κ3) is 2.04. The standard InChI is InChI=1S/C19H24O2/c1-13(20)21-17-15(12-14-8-6-5-7-9-14)16-10-11-19(17,4)18(16,2)3/h5-9,12,16-17H,10-11H2,1-4H3/b15-12+/t16-,17-,19+/m0/s1. The van der Waals surface area contributed by atoms with E-state index < -0.39 is 0 Å². The van der Waals surface area contributed by atoms with Crippen molar-refractivity contribution >= 4 is 12.0 Å². The van der Waals surface area contributed by atoms with E-state index >= 15 is 0 Å². The predicted molar refractivity (Wildman–Crippen MR) is 84.6 cm³/mol. The first kappa shape index (κ1) is 14.4. The second-order valence-corrected chi connectivity index (χ2v) is 7.27. The van der Waals surface area contributed by atoms with Crippen LogP contribution in [0.2, 0.25) is 0 Å². The Hall–Kier alpha value is -1.57. The third-order valence-corrected chi connectivity index (χ3v) is 6.00. The Morgan fingerprint density at radius 1 is 1.24 bits per heavy atom. The van der Waals surface area contributed by atoms with E-state index in [2.05, 4.69) is 39.0 Å². The molecule has 0 heterocycles. The number of ether oxygens (including phenoxy) is 1. The SMILES string of the molecule is CC(=O)O[C@H]1/C(=C/c2ccccc2)[C@@H]2CC[C@@]1(C)C2(C)C. The Bertz CT molecular complexity index is 585. The zero-order chi connectivity index (χ0) is 15.3. The van der Waals surface area contributed by atoms with E-state index in [4.69, 9.17) is 4.74 Å². The van der Waals surface area contributed by atoms with Gasteiger partial charge >= 0.3 is 5.97 Å². The van der Waals surface area contributed by atoms with Crippen LogP contribution in [-0.2, 0) is 9.53 Å². The summed E-state index contributed by atoms with van der Waals surface area (Å²) >= 11 is 0. The van der Waals surface area contributed by atoms with Crippen molar-refractivity contribution < 1.29 is 9.53 Å². The maximum absolute atomic E-state index is 11.6. The lowest BCUT2D eigenvalue weighted by molar-refractivity contribution is -0.151. The summed E-state index contributed by atoms with van der Waals surface area (Å²) in [6.45, 7) is 8.45. The Balaban J connectivity index is 2.06. The van der Waals surface area contributed by atoms with Crippen LogP contribution < -0.4 is 0 Å². The van der Waals surface area contributed by atoms with E-state index in [0.29, 0.717) is 5.92 Å². The minimum Gasteiger partial charge on any atom is -0.457 e. The van der Waals surface area contributed by atoms with Gasteiger partial charge in [0.15, 0.2) is 0 Å². The maximum Gasteiger partial charge on any atom is 0.303 e. The molecule has 1 aromatic carbocycles. The molecule has 3 rings (SSSR count). The lowest BCUT2D eigenvalue weighted by Gasteiger charge is -2.38. The summed E-state index contributed by atoms with van der Waals surface area (Å²) in [6.07, 6.45) is 4.49. The quantitative estimate of drug-likeness (QED) is 0.750. The largest absolute Gasteiger partial charge is 0.457 e. The van der Waals surface area contributed by atoms with E-state index in [9.17, 15) is 4.79 Å². The van der Waals surface area contributed by atoms with Crippen molar-refractivity contribution in [2.75, 3.05) is 0 Å². The van der Waals surface area contributed by atoms with E-state index in [-0.39, 0.29) is 22.9 Å². The number of esters is 1. The average molecular weight is 284 g/mol. The Morgan fingerprint density at radius 2 is 1.90 bits per heavy atom. The summed E-state index contributed by atoms with van der Waals surface area (Å²) in [4.78, 5) is 11.6. The molecular weight excluding hydrogens is 260 g/mol. The summed E-state index contributed by atoms with van der Waals surface area (Å²) in [6, 6.07) is 10.3. The molecule has 2 saturated carbocycles. The fourth-order valence-electron chi connectivity index (χ4n) is 4.41. The van der Waals surface area contributed by atoms with Crippen molar-refractivity contribution in [3.63, 3.8) is 0 Å². The van der Waals surface area contributed by atoms with Crippen LogP contribution in [0.15, 0.2) is 35.9 Å². The number of carbonyl (C=O) groups is 1. The normalized spacial score (nSPS) is 35.1. The van der Waals surface area contributed by atoms with Gasteiger partial charge in [0.1, 0.15) is 6.10 Å². The molecule has 1 aromatic rings. The predicted octanol–water partition coefficient (Wildman–Crippen LogP) is 4.46. The summed E-state index contributed by atoms with van der Waals surface area (Å²) in [5, 5.41) is 0. The van der Waals surface area contributed by atoms with Crippen LogP contribution in [0, 0.1) is 16.7 Å². The van der Waals surface area contributed by atoms with E-state index in [0.717, 1.165) is 6.42 Å². The smallest absolute Gasteiger partial charge is 0.303 e. The molecule has 0 amide bonds. The minimum atomic E-state index is -0.177. The van der Waals surface area contributed by atoms with E-state index in [1.807, 2.05) is 18.2 Å². The molecular formula is C19H24O2. The Labute approximate surface area is 127 Å². The van der Waals surface area contributed by atoms with Gasteiger partial charge in [-0.05, 0) is 35.3 Å². The fraction of sp³-hybridized carbons (Fsp3) is 0.526. The first-order valence-electron chi connectivity index (χ1n) is 7.80. The van der Waals surface area contributed by atoms with Gasteiger partial charge in [-0.3, -0.25) is 4.79 Å². The van der Waals surface area contributed by atoms with E-state index in [1.165, 1.54) is 24.5 Å². The highest BCUT2D eigenvalue weighted by Gasteiger charge is 2.65. The van der Waals surface area contributed by atoms with Crippen LogP contribution in [0.4, 0.5) is 0 Å². The molecule has 3 atom stereocenters. The molecule has 0 aliphatic heterocycles. The molecule has 2 heteroatoms. The number of rotatable bonds is 2. The fourth-order valence-corrected chi connectivity index (χ4v) is 4.41. The van der Waals surface area contributed by atoms with Gasteiger partial charge in [-0.2, -0.15) is 0 Å². The zero-order valence-corrected chi connectivity index (χ0v) is 13.3. The maximum atomic E-state index is 11.6. The van der Waals surface area contributed by atoms with Crippen molar-refractivity contribution in [1.29, 1.82) is 0 Å². The van der Waals surface area contributed by atoms with Crippen LogP contribution in [0.5, 0.6) is 0 Å². The van der Waals surface area contributed by atoms with Crippen molar-refractivity contribution in [1.82, 2.24) is 0 Å². The topological polar surface area (TPSA) is 26.3 Å². The lowest BCUT2D eigenvalue weighted by Crippen LogP contribution is -2.38. The van der Waals surface area contributed by atoms with Gasteiger partial charge < -0.3 is 4.74 Å². The van der Waals surface area contributed by atoms with Crippen LogP contribution in [0.3, 0.4) is 0 Å². The highest BCUT2D eigenvalue weighted by Crippen LogP contribution is 2.68. The summed E-state index contributed by atoms with van der Waals surface area (Å²) < 4.78 is 5.76. The van der Waals surface area contributed by atoms with Crippen molar-refractivity contribution in [3.05, 3.63) is 41.5 Å². The van der Waals surface area contributed by atoms with Gasteiger partial charge in [-0.15, -0.1) is 0 Å². The van der Waals surface area contributed by atoms with Gasteiger partial charge in [-0.1, -0.05) is 57.2 Å². The molecule has 112 valence electrons. The molecule has 2 aliphatic rings. The monoisotopic (exact) mass is 284 g/mol. The summed E-state index contributed by atoms with van der Waals surface area (Å²) in [5.41, 5.74) is 2.71. The molecule has 0 saturated heterocycles. The Kier molecular flexibility index (Phi) is 3.23. The number of hydrogen-bond donors (Lipinski definition) is 0. The molecule has 2 aliphatic carbocycles. The average Bonchev–Trinajstić information content (AvgIpc) is 2.73. The first-order valence-corrected chi connectivity index (χ1v) is 7.80. The van der Waals surface area contributed by atoms with Gasteiger partial charge in [0.2, 0.25) is 0 Å². The van der Waals surface area contributed by atoms with Crippen molar-refractivity contribution in [2.24, 2.45) is 16.7 Å². The molecule has 2 bridgehead atoms. The van der Waals surface area contributed by atoms with Crippen LogP contribution in [-0.4, -0.2) is 12.1 Å². The molecule has 2 fully saturated rings. The summed E-state index contributed by atoms with van der Waals surface area (Å²) in [7, 11) is 0. The molecule has 2 nitrogen and oxygen atoms in total. The van der Waals surface area contributed by atoms with Gasteiger partial charge in [0, 0.05) is 12.3 Å². The van der Waals surface area contributed by atoms with Gasteiger partial charge in [0.05, 0.1) is 0 Å². The molecule has 0 spiro atoms. The van der Waals surface area contributed by atoms with Crippen LogP contribution in [0.25, 0.3) is 6.08 Å². The molecule has 0 aromatic heterocycles. The second kappa shape index (κ2) is 4.72. The molecule has 0 N–H and O–H groups in total. The van der Waals surface area contributed by atoms with Crippen LogP contribution >= 0.6 is 0 Å². The van der Waals surface area contributed by atoms with E-state index in [1.54, 1.807) is 0 Å². The number of benzene rings is 1. The third-order valence-electron chi connectivity index (χ3n) is 6.00. The highest BCUT2D eigenvalue weighted by atomic mass is 16.5. The number of carbonyl (C=O) groups excluding carboxylic acids is 1. The van der Waals surface area contributed by atoms with Crippen LogP contribution in [0.1, 0.15) is 46.1 Å². The first-order chi connectivity index (χ1) is 9.86. The van der Waals surface area contributed by atoms with Gasteiger partial charge in [-0.25, -0.2) is 0 Å².